The number of carbonyl (C=O) groups is 3. The molecule has 1 aliphatic rings. The van der Waals surface area contributed by atoms with Gasteiger partial charge in [0.05, 0.1) is 12.8 Å². The van der Waals surface area contributed by atoms with Crippen LogP contribution in [0.5, 0.6) is 0 Å². The fourth-order valence-electron chi connectivity index (χ4n) is 3.20. The van der Waals surface area contributed by atoms with Crippen molar-refractivity contribution in [2.24, 2.45) is 0 Å². The molecule has 1 rings (SSSR count). The molecule has 0 radical (unpaired) electrons. The number of esters is 3. The molecule has 1 heterocycles. The van der Waals surface area contributed by atoms with Crippen LogP contribution >= 0.6 is 0 Å². The van der Waals surface area contributed by atoms with Crippen molar-refractivity contribution < 1.29 is 33.8 Å². The molecule has 0 spiro atoms. The van der Waals surface area contributed by atoms with Crippen LogP contribution in [0.25, 0.3) is 0 Å². The Labute approximate surface area is 160 Å². The lowest BCUT2D eigenvalue weighted by Crippen LogP contribution is -2.60. The molecule has 0 aliphatic carbocycles. The van der Waals surface area contributed by atoms with Crippen LogP contribution in [0, 0.1) is 0 Å². The highest BCUT2D eigenvalue weighted by molar-refractivity contribution is 5.86. The van der Waals surface area contributed by atoms with Crippen LogP contribution in [0.2, 0.25) is 0 Å². The lowest BCUT2D eigenvalue weighted by molar-refractivity contribution is -0.259. The summed E-state index contributed by atoms with van der Waals surface area (Å²) in [4.78, 5) is 34.8. The van der Waals surface area contributed by atoms with Gasteiger partial charge in [0.2, 0.25) is 0 Å². The van der Waals surface area contributed by atoms with Crippen molar-refractivity contribution in [1.29, 1.82) is 0 Å². The average molecular weight is 385 g/mol. The van der Waals surface area contributed by atoms with Crippen LogP contribution < -0.4 is 0 Å². The first-order chi connectivity index (χ1) is 12.3. The van der Waals surface area contributed by atoms with Gasteiger partial charge in [-0.05, 0) is 34.6 Å². The van der Waals surface area contributed by atoms with Gasteiger partial charge < -0.3 is 19.4 Å². The summed E-state index contributed by atoms with van der Waals surface area (Å²) in [7, 11) is 0. The van der Waals surface area contributed by atoms with Gasteiger partial charge in [-0.1, -0.05) is 6.58 Å². The smallest absolute Gasteiger partial charge is 0.333 e. The number of piperidine rings is 1. The Kier molecular flexibility index (Phi) is 7.98. The number of hydroxylamine groups is 2. The van der Waals surface area contributed by atoms with Crippen molar-refractivity contribution in [2.75, 3.05) is 13.2 Å². The van der Waals surface area contributed by atoms with Crippen molar-refractivity contribution in [1.82, 2.24) is 5.06 Å². The van der Waals surface area contributed by atoms with Crippen molar-refractivity contribution in [3.8, 4) is 0 Å². The van der Waals surface area contributed by atoms with Gasteiger partial charge in [0.25, 0.3) is 0 Å². The number of ether oxygens (including phenoxy) is 3. The predicted octanol–water partition coefficient (Wildman–Crippen LogP) is 2.38. The van der Waals surface area contributed by atoms with Crippen LogP contribution in [-0.2, 0) is 28.6 Å². The van der Waals surface area contributed by atoms with E-state index in [0.717, 1.165) is 0 Å². The summed E-state index contributed by atoms with van der Waals surface area (Å²) in [6.45, 7) is 12.3. The molecule has 0 aromatic heterocycles. The van der Waals surface area contributed by atoms with Crippen LogP contribution in [0.1, 0.15) is 60.3 Å². The first kappa shape index (κ1) is 23.1. The molecule has 8 nitrogen and oxygen atoms in total. The summed E-state index contributed by atoms with van der Waals surface area (Å²) in [5, 5.41) is 11.6. The molecule has 27 heavy (non-hydrogen) atoms. The summed E-state index contributed by atoms with van der Waals surface area (Å²) in [6, 6.07) is 0. The molecule has 0 saturated carbocycles. The van der Waals surface area contributed by atoms with Crippen molar-refractivity contribution in [3.05, 3.63) is 12.2 Å². The van der Waals surface area contributed by atoms with Gasteiger partial charge in [0, 0.05) is 29.5 Å². The predicted molar refractivity (Wildman–Crippen MR) is 96.9 cm³/mol. The van der Waals surface area contributed by atoms with Crippen LogP contribution in [-0.4, -0.2) is 58.6 Å². The Morgan fingerprint density at radius 3 is 2.00 bits per heavy atom. The molecule has 0 unspecified atom stereocenters. The first-order valence-electron chi connectivity index (χ1n) is 9.02. The van der Waals surface area contributed by atoms with Crippen molar-refractivity contribution in [3.63, 3.8) is 0 Å². The van der Waals surface area contributed by atoms with Gasteiger partial charge in [-0.25, -0.2) is 4.79 Å². The lowest BCUT2D eigenvalue weighted by atomic mass is 9.80. The molecule has 0 atom stereocenters. The monoisotopic (exact) mass is 385 g/mol. The maximum atomic E-state index is 12.0. The quantitative estimate of drug-likeness (QED) is 0.294. The zero-order valence-electron chi connectivity index (χ0n) is 16.9. The van der Waals surface area contributed by atoms with E-state index in [9.17, 15) is 19.6 Å². The summed E-state index contributed by atoms with van der Waals surface area (Å²) in [5.74, 6) is -1.60. The molecule has 1 aliphatic heterocycles. The molecule has 154 valence electrons. The van der Waals surface area contributed by atoms with Crippen LogP contribution in [0.3, 0.4) is 0 Å². The molecule has 1 N–H and O–H groups in total. The first-order valence-corrected chi connectivity index (χ1v) is 9.02. The Morgan fingerprint density at radius 2 is 1.48 bits per heavy atom. The summed E-state index contributed by atoms with van der Waals surface area (Å²) in [6.07, 6.45) is 0.459. The number of rotatable bonds is 8. The average Bonchev–Trinajstić information content (AvgIpc) is 2.53. The summed E-state index contributed by atoms with van der Waals surface area (Å²) < 4.78 is 15.2. The van der Waals surface area contributed by atoms with E-state index in [1.165, 1.54) is 12.0 Å². The van der Waals surface area contributed by atoms with E-state index < -0.39 is 29.0 Å². The van der Waals surface area contributed by atoms with Gasteiger partial charge in [-0.2, -0.15) is 5.06 Å². The van der Waals surface area contributed by atoms with E-state index in [1.807, 2.05) is 27.7 Å². The van der Waals surface area contributed by atoms with Gasteiger partial charge in [0.15, 0.2) is 0 Å². The fraction of sp³-hybridized carbons (Fsp3) is 0.737. The molecular formula is C19H31NO7. The van der Waals surface area contributed by atoms with E-state index in [-0.39, 0.29) is 37.7 Å². The van der Waals surface area contributed by atoms with E-state index in [0.29, 0.717) is 12.8 Å². The van der Waals surface area contributed by atoms with Crippen molar-refractivity contribution in [2.45, 2.75) is 77.5 Å². The third kappa shape index (κ3) is 7.30. The molecule has 0 bridgehead atoms. The normalized spacial score (nSPS) is 19.2. The Hall–Kier alpha value is -1.93. The molecule has 0 aromatic rings. The molecule has 0 amide bonds. The molecule has 1 saturated heterocycles. The second-order valence-electron chi connectivity index (χ2n) is 8.09. The SMILES string of the molecule is C=C(C)C(=O)OCCOC(=O)CCC(=O)OC1CC(C)(C)N(O)C(C)(C)C1. The Balaban J connectivity index is 2.31. The second kappa shape index (κ2) is 9.32. The fourth-order valence-corrected chi connectivity index (χ4v) is 3.20. The maximum Gasteiger partial charge on any atom is 0.333 e. The second-order valence-corrected chi connectivity index (χ2v) is 8.09. The third-order valence-electron chi connectivity index (χ3n) is 4.36. The van der Waals surface area contributed by atoms with E-state index in [2.05, 4.69) is 6.58 Å². The number of carbonyl (C=O) groups excluding carboxylic acids is 3. The largest absolute Gasteiger partial charge is 0.462 e. The molecule has 0 aromatic carbocycles. The standard InChI is InChI=1S/C19H31NO7/c1-13(2)17(23)26-10-9-25-15(21)7-8-16(22)27-14-11-18(3,4)20(24)19(5,6)12-14/h14,24H,1,7-12H2,2-6H3. The van der Waals surface area contributed by atoms with Gasteiger partial charge in [-0.3, -0.25) is 9.59 Å². The maximum absolute atomic E-state index is 12.0. The van der Waals surface area contributed by atoms with E-state index in [1.54, 1.807) is 0 Å². The Morgan fingerprint density at radius 1 is 1.00 bits per heavy atom. The van der Waals surface area contributed by atoms with Crippen LogP contribution in [0.4, 0.5) is 0 Å². The minimum atomic E-state index is -0.566. The van der Waals surface area contributed by atoms with Gasteiger partial charge in [-0.15, -0.1) is 0 Å². The molecule has 1 fully saturated rings. The number of nitrogens with zero attached hydrogens (tertiary/aromatic N) is 1. The number of hydrogen-bond acceptors (Lipinski definition) is 8. The minimum Gasteiger partial charge on any atom is -0.462 e. The minimum absolute atomic E-state index is 0.0637. The zero-order chi connectivity index (χ0) is 20.8. The highest BCUT2D eigenvalue weighted by atomic mass is 16.6. The highest BCUT2D eigenvalue weighted by Gasteiger charge is 2.46. The molecular weight excluding hydrogens is 354 g/mol. The van der Waals surface area contributed by atoms with Crippen molar-refractivity contribution >= 4 is 17.9 Å². The van der Waals surface area contributed by atoms with Crippen LogP contribution in [0.15, 0.2) is 12.2 Å². The van der Waals surface area contributed by atoms with E-state index >= 15 is 0 Å². The highest BCUT2D eigenvalue weighted by Crippen LogP contribution is 2.38. The number of hydrogen-bond donors (Lipinski definition) is 1. The zero-order valence-corrected chi connectivity index (χ0v) is 16.9. The Bertz CT molecular complexity index is 565. The summed E-state index contributed by atoms with van der Waals surface area (Å²) in [5.41, 5.74) is -0.776. The van der Waals surface area contributed by atoms with E-state index in [4.69, 9.17) is 14.2 Å². The topological polar surface area (TPSA) is 102 Å². The molecule has 8 heteroatoms. The summed E-state index contributed by atoms with van der Waals surface area (Å²) >= 11 is 0. The lowest BCUT2D eigenvalue weighted by Gasteiger charge is -2.50. The van der Waals surface area contributed by atoms with Gasteiger partial charge in [0.1, 0.15) is 19.3 Å². The third-order valence-corrected chi connectivity index (χ3v) is 4.36. The van der Waals surface area contributed by atoms with Gasteiger partial charge >= 0.3 is 17.9 Å².